The van der Waals surface area contributed by atoms with Crippen LogP contribution >= 0.6 is 11.8 Å². The minimum Gasteiger partial charge on any atom is -0.325 e. The van der Waals surface area contributed by atoms with Gasteiger partial charge in [-0.05, 0) is 17.7 Å². The van der Waals surface area contributed by atoms with Gasteiger partial charge in [0, 0.05) is 7.05 Å². The third kappa shape index (κ3) is 1.70. The first kappa shape index (κ1) is 15.6. The zero-order valence-electron chi connectivity index (χ0n) is 14.0. The van der Waals surface area contributed by atoms with Crippen molar-refractivity contribution < 1.29 is 14.4 Å². The number of likely N-dealkylation sites (tertiary alicyclic amines) is 1. The Labute approximate surface area is 155 Å². The molecule has 6 heteroatoms. The van der Waals surface area contributed by atoms with Crippen LogP contribution in [0.2, 0.25) is 0 Å². The molecular formula is C20H16N2O3S. The smallest absolute Gasteiger partial charge is 0.241 e. The first-order valence-corrected chi connectivity index (χ1v) is 9.39. The SMILES string of the molecule is CN1C(=O)[C@H]2S[C@]1(c1ccccc1)[C@@H]1C(=O)N(c3ccccc3)C(=O)[C@H]21. The molecule has 0 N–H and O–H groups in total. The summed E-state index contributed by atoms with van der Waals surface area (Å²) in [6.07, 6.45) is 0. The molecule has 5 nitrogen and oxygen atoms in total. The number of carbonyl (C=O) groups excluding carboxylic acids is 3. The Morgan fingerprint density at radius 2 is 1.46 bits per heavy atom. The zero-order chi connectivity index (χ0) is 18.1. The van der Waals surface area contributed by atoms with Crippen molar-refractivity contribution in [2.45, 2.75) is 10.1 Å². The number of fused-ring (bicyclic) bond motifs is 5. The van der Waals surface area contributed by atoms with Crippen molar-refractivity contribution in [3.05, 3.63) is 66.2 Å². The third-order valence-corrected chi connectivity index (χ3v) is 7.55. The number of anilines is 1. The summed E-state index contributed by atoms with van der Waals surface area (Å²) >= 11 is 1.45. The van der Waals surface area contributed by atoms with Crippen molar-refractivity contribution in [2.24, 2.45) is 11.8 Å². The number of hydrogen-bond donors (Lipinski definition) is 0. The molecule has 130 valence electrons. The highest BCUT2D eigenvalue weighted by Gasteiger charge is 2.74. The maximum absolute atomic E-state index is 13.4. The van der Waals surface area contributed by atoms with Crippen molar-refractivity contribution in [3.63, 3.8) is 0 Å². The molecule has 3 heterocycles. The van der Waals surface area contributed by atoms with E-state index in [0.717, 1.165) is 5.56 Å². The number of carbonyl (C=O) groups is 3. The Hall–Kier alpha value is -2.60. The number of hydrogen-bond acceptors (Lipinski definition) is 4. The van der Waals surface area contributed by atoms with Gasteiger partial charge in [0.25, 0.3) is 0 Å². The van der Waals surface area contributed by atoms with E-state index in [4.69, 9.17) is 0 Å². The van der Waals surface area contributed by atoms with E-state index in [-0.39, 0.29) is 17.7 Å². The van der Waals surface area contributed by atoms with E-state index < -0.39 is 22.0 Å². The first-order valence-electron chi connectivity index (χ1n) is 8.51. The van der Waals surface area contributed by atoms with Gasteiger partial charge in [0.1, 0.15) is 4.87 Å². The van der Waals surface area contributed by atoms with E-state index in [1.54, 1.807) is 36.2 Å². The normalized spacial score (nSPS) is 32.5. The van der Waals surface area contributed by atoms with E-state index in [1.165, 1.54) is 16.7 Å². The number of amides is 3. The molecule has 5 rings (SSSR count). The van der Waals surface area contributed by atoms with Gasteiger partial charge in [-0.15, -0.1) is 11.8 Å². The lowest BCUT2D eigenvalue weighted by molar-refractivity contribution is -0.142. The molecule has 0 spiro atoms. The van der Waals surface area contributed by atoms with Crippen LogP contribution in [-0.2, 0) is 19.3 Å². The Morgan fingerprint density at radius 3 is 2.12 bits per heavy atom. The van der Waals surface area contributed by atoms with Gasteiger partial charge in [0.2, 0.25) is 17.7 Å². The standard InChI is InChI=1S/C20H16N2O3S/c1-21-19(25)16-14-15(20(21,26-16)12-8-4-2-5-9-12)18(24)22(17(14)23)13-10-6-3-7-11-13/h2-11,14-16H,1H3/t14-,15-,16-,20+/m0/s1. The Bertz CT molecular complexity index is 933. The van der Waals surface area contributed by atoms with Crippen molar-refractivity contribution in [1.29, 1.82) is 0 Å². The van der Waals surface area contributed by atoms with Crippen LogP contribution in [0.3, 0.4) is 0 Å². The van der Waals surface area contributed by atoms with Gasteiger partial charge in [0.05, 0.1) is 22.8 Å². The fourth-order valence-electron chi connectivity index (χ4n) is 4.54. The Morgan fingerprint density at radius 1 is 0.846 bits per heavy atom. The maximum atomic E-state index is 13.4. The lowest BCUT2D eigenvalue weighted by Gasteiger charge is -2.40. The fraction of sp³-hybridized carbons (Fsp3) is 0.250. The molecule has 0 radical (unpaired) electrons. The number of para-hydroxylation sites is 1. The molecule has 3 amide bonds. The van der Waals surface area contributed by atoms with Gasteiger partial charge in [-0.1, -0.05) is 48.5 Å². The van der Waals surface area contributed by atoms with Crippen LogP contribution in [-0.4, -0.2) is 34.9 Å². The first-order chi connectivity index (χ1) is 12.6. The minimum atomic E-state index is -0.816. The zero-order valence-corrected chi connectivity index (χ0v) is 14.8. The topological polar surface area (TPSA) is 57.7 Å². The van der Waals surface area contributed by atoms with Crippen molar-refractivity contribution in [1.82, 2.24) is 4.90 Å². The quantitative estimate of drug-likeness (QED) is 0.767. The number of imide groups is 1. The molecule has 0 saturated carbocycles. The molecule has 2 aromatic rings. The van der Waals surface area contributed by atoms with Gasteiger partial charge in [-0.3, -0.25) is 14.4 Å². The fourth-order valence-corrected chi connectivity index (χ4v) is 6.52. The average Bonchev–Trinajstić information content (AvgIpc) is 3.25. The third-order valence-electron chi connectivity index (χ3n) is 5.68. The van der Waals surface area contributed by atoms with Gasteiger partial charge >= 0.3 is 0 Å². The largest absolute Gasteiger partial charge is 0.325 e. The summed E-state index contributed by atoms with van der Waals surface area (Å²) in [5.74, 6) is -1.71. The predicted molar refractivity (Wildman–Crippen MR) is 98.2 cm³/mol. The number of piperidine rings is 1. The molecule has 26 heavy (non-hydrogen) atoms. The molecule has 3 aliphatic heterocycles. The lowest BCUT2D eigenvalue weighted by Crippen LogP contribution is -2.53. The predicted octanol–water partition coefficient (Wildman–Crippen LogP) is 2.23. The number of benzene rings is 2. The molecule has 3 fully saturated rings. The second-order valence-electron chi connectivity index (χ2n) is 6.85. The number of thioether (sulfide) groups is 1. The lowest BCUT2D eigenvalue weighted by atomic mass is 9.78. The highest BCUT2D eigenvalue weighted by molar-refractivity contribution is 8.02. The molecule has 4 atom stereocenters. The second-order valence-corrected chi connectivity index (χ2v) is 8.22. The van der Waals surface area contributed by atoms with E-state index in [0.29, 0.717) is 5.69 Å². The Balaban J connectivity index is 1.68. The highest BCUT2D eigenvalue weighted by atomic mass is 32.2. The second kappa shape index (κ2) is 5.20. The summed E-state index contributed by atoms with van der Waals surface area (Å²) in [4.78, 5) is 41.4. The van der Waals surface area contributed by atoms with E-state index in [1.807, 2.05) is 36.4 Å². The molecule has 2 aromatic carbocycles. The van der Waals surface area contributed by atoms with Crippen LogP contribution in [0.15, 0.2) is 60.7 Å². The molecule has 0 aliphatic carbocycles. The van der Waals surface area contributed by atoms with Crippen LogP contribution in [0.25, 0.3) is 0 Å². The van der Waals surface area contributed by atoms with Crippen LogP contribution in [0, 0.1) is 11.8 Å². The van der Waals surface area contributed by atoms with Gasteiger partial charge in [-0.2, -0.15) is 0 Å². The summed E-state index contributed by atoms with van der Waals surface area (Å²) in [7, 11) is 1.74. The van der Waals surface area contributed by atoms with Crippen LogP contribution < -0.4 is 4.90 Å². The number of nitrogens with zero attached hydrogens (tertiary/aromatic N) is 2. The highest BCUT2D eigenvalue weighted by Crippen LogP contribution is 2.66. The molecule has 0 aromatic heterocycles. The summed E-state index contributed by atoms with van der Waals surface area (Å²) in [5, 5.41) is -0.504. The molecular weight excluding hydrogens is 348 g/mol. The summed E-state index contributed by atoms with van der Waals surface area (Å²) in [6.45, 7) is 0. The molecule has 0 unspecified atom stereocenters. The van der Waals surface area contributed by atoms with E-state index >= 15 is 0 Å². The maximum Gasteiger partial charge on any atom is 0.241 e. The Kier molecular flexibility index (Phi) is 3.13. The number of rotatable bonds is 2. The van der Waals surface area contributed by atoms with Crippen molar-refractivity contribution in [3.8, 4) is 0 Å². The van der Waals surface area contributed by atoms with Crippen molar-refractivity contribution in [2.75, 3.05) is 11.9 Å². The van der Waals surface area contributed by atoms with Gasteiger partial charge in [-0.25, -0.2) is 4.90 Å². The molecule has 3 saturated heterocycles. The summed E-state index contributed by atoms with van der Waals surface area (Å²) < 4.78 is 0. The van der Waals surface area contributed by atoms with Crippen LogP contribution in [0.4, 0.5) is 5.69 Å². The molecule has 2 bridgehead atoms. The van der Waals surface area contributed by atoms with E-state index in [9.17, 15) is 14.4 Å². The summed E-state index contributed by atoms with van der Waals surface area (Å²) in [5.41, 5.74) is 1.46. The van der Waals surface area contributed by atoms with Gasteiger partial charge in [0.15, 0.2) is 0 Å². The summed E-state index contributed by atoms with van der Waals surface area (Å²) in [6, 6.07) is 18.5. The van der Waals surface area contributed by atoms with Gasteiger partial charge < -0.3 is 4.90 Å². The average molecular weight is 364 g/mol. The monoisotopic (exact) mass is 364 g/mol. The molecule has 3 aliphatic rings. The van der Waals surface area contributed by atoms with E-state index in [2.05, 4.69) is 0 Å². The minimum absolute atomic E-state index is 0.0730. The van der Waals surface area contributed by atoms with Crippen molar-refractivity contribution >= 4 is 35.2 Å². The van der Waals surface area contributed by atoms with Crippen LogP contribution in [0.5, 0.6) is 0 Å². The van der Waals surface area contributed by atoms with Crippen LogP contribution in [0.1, 0.15) is 5.56 Å².